The van der Waals surface area contributed by atoms with Crippen molar-refractivity contribution in [2.24, 2.45) is 0 Å². The van der Waals surface area contributed by atoms with E-state index in [2.05, 4.69) is 6.92 Å². The molecule has 0 aliphatic rings. The van der Waals surface area contributed by atoms with Gasteiger partial charge in [0.15, 0.2) is 0 Å². The maximum Gasteiger partial charge on any atom is 0.307 e. The predicted octanol–water partition coefficient (Wildman–Crippen LogP) is 3.08. The number of allylic oxidation sites excluding steroid dienone is 1. The highest BCUT2D eigenvalue weighted by molar-refractivity contribution is 5.68. The lowest BCUT2D eigenvalue weighted by Gasteiger charge is -1.89. The van der Waals surface area contributed by atoms with E-state index in [1.165, 1.54) is 0 Å². The third-order valence-electron chi connectivity index (χ3n) is 1.69. The molecule has 0 bridgehead atoms. The molecule has 0 spiro atoms. The molecular formula is C12H22O4. The number of carboxylic acids is 2. The molecule has 0 amide bonds. The highest BCUT2D eigenvalue weighted by atomic mass is 16.4. The monoisotopic (exact) mass is 230 g/mol. The van der Waals surface area contributed by atoms with Crippen molar-refractivity contribution < 1.29 is 19.8 Å². The normalized spacial score (nSPS) is 9.62. The van der Waals surface area contributed by atoms with E-state index in [4.69, 9.17) is 10.2 Å². The molecule has 0 aliphatic heterocycles. The molecule has 4 heteroatoms. The molecule has 0 radical (unpaired) electrons. The molecule has 0 aliphatic carbocycles. The van der Waals surface area contributed by atoms with Gasteiger partial charge in [-0.05, 0) is 12.8 Å². The average Bonchev–Trinajstić information content (AvgIpc) is 2.18. The molecule has 4 nitrogen and oxygen atoms in total. The molecule has 94 valence electrons. The summed E-state index contributed by atoms with van der Waals surface area (Å²) in [6.45, 7) is 4.03. The van der Waals surface area contributed by atoms with Crippen LogP contribution >= 0.6 is 0 Å². The van der Waals surface area contributed by atoms with E-state index < -0.39 is 11.9 Å². The Hall–Kier alpha value is -1.32. The van der Waals surface area contributed by atoms with Gasteiger partial charge in [0, 0.05) is 6.42 Å². The maximum atomic E-state index is 9.87. The number of hydrogen-bond donors (Lipinski definition) is 2. The lowest BCUT2D eigenvalue weighted by molar-refractivity contribution is -0.137. The van der Waals surface area contributed by atoms with Crippen LogP contribution in [0.2, 0.25) is 0 Å². The van der Waals surface area contributed by atoms with Crippen molar-refractivity contribution in [2.45, 2.75) is 52.4 Å². The Morgan fingerprint density at radius 2 is 1.62 bits per heavy atom. The van der Waals surface area contributed by atoms with Crippen LogP contribution in [0.3, 0.4) is 0 Å². The number of carboxylic acid groups (broad SMARTS) is 2. The molecular weight excluding hydrogens is 208 g/mol. The van der Waals surface area contributed by atoms with Crippen LogP contribution in [0.4, 0.5) is 0 Å². The first-order valence-corrected chi connectivity index (χ1v) is 5.63. The average molecular weight is 230 g/mol. The number of hydrogen-bond acceptors (Lipinski definition) is 2. The largest absolute Gasteiger partial charge is 0.481 e. The van der Waals surface area contributed by atoms with Gasteiger partial charge in [-0.3, -0.25) is 9.59 Å². The standard InChI is InChI=1S/C6H12O2.C6H10O2/c2*1-2-3-4-5-6(7)8/h2-5H2,1H3,(H,7,8);3-4H,2,5H2,1H3,(H,7,8)/b;4-3-. The molecule has 0 heterocycles. The quantitative estimate of drug-likeness (QED) is 0.520. The van der Waals surface area contributed by atoms with Crippen LogP contribution in [0, 0.1) is 0 Å². The van der Waals surface area contributed by atoms with Gasteiger partial charge in [-0.2, -0.15) is 0 Å². The van der Waals surface area contributed by atoms with Crippen molar-refractivity contribution in [3.05, 3.63) is 12.2 Å². The van der Waals surface area contributed by atoms with Gasteiger partial charge in [0.25, 0.3) is 0 Å². The third-order valence-corrected chi connectivity index (χ3v) is 1.69. The fourth-order valence-corrected chi connectivity index (χ4v) is 0.877. The zero-order valence-corrected chi connectivity index (χ0v) is 10.1. The van der Waals surface area contributed by atoms with Gasteiger partial charge in [-0.25, -0.2) is 0 Å². The SMILES string of the molecule is CC/C=C\CC(=O)O.CCCCCC(=O)O. The summed E-state index contributed by atoms with van der Waals surface area (Å²) in [5.74, 6) is -1.45. The lowest BCUT2D eigenvalue weighted by Crippen LogP contribution is -1.92. The second kappa shape index (κ2) is 13.7. The van der Waals surface area contributed by atoms with Crippen LogP contribution in [-0.4, -0.2) is 22.2 Å². The first-order valence-electron chi connectivity index (χ1n) is 5.63. The molecule has 16 heavy (non-hydrogen) atoms. The topological polar surface area (TPSA) is 74.6 Å². The number of rotatable bonds is 7. The molecule has 2 N–H and O–H groups in total. The summed E-state index contributed by atoms with van der Waals surface area (Å²) in [7, 11) is 0. The van der Waals surface area contributed by atoms with Crippen LogP contribution < -0.4 is 0 Å². The van der Waals surface area contributed by atoms with E-state index in [-0.39, 0.29) is 6.42 Å². The minimum Gasteiger partial charge on any atom is -0.481 e. The van der Waals surface area contributed by atoms with Crippen LogP contribution in [0.25, 0.3) is 0 Å². The van der Waals surface area contributed by atoms with Crippen LogP contribution in [0.15, 0.2) is 12.2 Å². The number of carbonyl (C=O) groups is 2. The van der Waals surface area contributed by atoms with E-state index in [0.29, 0.717) is 6.42 Å². The summed E-state index contributed by atoms with van der Waals surface area (Å²) in [5, 5.41) is 16.2. The Labute approximate surface area is 97.0 Å². The molecule has 0 aromatic rings. The number of aliphatic carboxylic acids is 2. The minimum atomic E-state index is -0.769. The molecule has 0 rings (SSSR count). The highest BCUT2D eigenvalue weighted by Gasteiger charge is 1.92. The van der Waals surface area contributed by atoms with Crippen molar-refractivity contribution in [1.29, 1.82) is 0 Å². The molecule has 0 atom stereocenters. The van der Waals surface area contributed by atoms with Gasteiger partial charge in [-0.1, -0.05) is 38.8 Å². The summed E-state index contributed by atoms with van der Waals surface area (Å²) >= 11 is 0. The second-order valence-corrected chi connectivity index (χ2v) is 3.33. The Kier molecular flexibility index (Phi) is 14.6. The Bertz CT molecular complexity index is 209. The van der Waals surface area contributed by atoms with E-state index in [0.717, 1.165) is 25.7 Å². The minimum absolute atomic E-state index is 0.147. The zero-order valence-electron chi connectivity index (χ0n) is 10.1. The fraction of sp³-hybridized carbons (Fsp3) is 0.667. The first-order chi connectivity index (χ1) is 7.54. The second-order valence-electron chi connectivity index (χ2n) is 3.33. The van der Waals surface area contributed by atoms with E-state index in [1.54, 1.807) is 6.08 Å². The molecule has 0 unspecified atom stereocenters. The van der Waals surface area contributed by atoms with Gasteiger partial charge in [0.1, 0.15) is 0 Å². The van der Waals surface area contributed by atoms with Gasteiger partial charge in [0.05, 0.1) is 6.42 Å². The summed E-state index contributed by atoms with van der Waals surface area (Å²) in [6.07, 6.45) is 7.83. The maximum absolute atomic E-state index is 9.87. The van der Waals surface area contributed by atoms with Crippen molar-refractivity contribution in [3.8, 4) is 0 Å². The van der Waals surface area contributed by atoms with Crippen LogP contribution in [0.1, 0.15) is 52.4 Å². The molecule has 0 saturated carbocycles. The van der Waals surface area contributed by atoms with Crippen LogP contribution in [0.5, 0.6) is 0 Å². The zero-order chi connectivity index (χ0) is 12.8. The van der Waals surface area contributed by atoms with Gasteiger partial charge in [-0.15, -0.1) is 0 Å². The van der Waals surface area contributed by atoms with E-state index >= 15 is 0 Å². The van der Waals surface area contributed by atoms with Gasteiger partial charge < -0.3 is 10.2 Å². The van der Waals surface area contributed by atoms with Crippen LogP contribution in [-0.2, 0) is 9.59 Å². The fourth-order valence-electron chi connectivity index (χ4n) is 0.877. The first kappa shape index (κ1) is 17.1. The summed E-state index contributed by atoms with van der Waals surface area (Å²) < 4.78 is 0. The third kappa shape index (κ3) is 23.0. The highest BCUT2D eigenvalue weighted by Crippen LogP contribution is 1.97. The summed E-state index contributed by atoms with van der Waals surface area (Å²) in [4.78, 5) is 19.7. The van der Waals surface area contributed by atoms with Gasteiger partial charge >= 0.3 is 11.9 Å². The summed E-state index contributed by atoms with van der Waals surface area (Å²) in [6, 6.07) is 0. The molecule has 0 aromatic heterocycles. The van der Waals surface area contributed by atoms with Crippen molar-refractivity contribution in [3.63, 3.8) is 0 Å². The molecule has 0 aromatic carbocycles. The van der Waals surface area contributed by atoms with Gasteiger partial charge in [0.2, 0.25) is 0 Å². The summed E-state index contributed by atoms with van der Waals surface area (Å²) in [5.41, 5.74) is 0. The van der Waals surface area contributed by atoms with Crippen molar-refractivity contribution >= 4 is 11.9 Å². The van der Waals surface area contributed by atoms with E-state index in [1.807, 2.05) is 13.0 Å². The van der Waals surface area contributed by atoms with E-state index in [9.17, 15) is 9.59 Å². The predicted molar refractivity (Wildman–Crippen MR) is 63.5 cm³/mol. The molecule has 0 fully saturated rings. The Balaban J connectivity index is 0. The van der Waals surface area contributed by atoms with Crippen molar-refractivity contribution in [1.82, 2.24) is 0 Å². The molecule has 0 saturated heterocycles. The smallest absolute Gasteiger partial charge is 0.307 e. The number of unbranched alkanes of at least 4 members (excludes halogenated alkanes) is 2. The Morgan fingerprint density at radius 3 is 2.00 bits per heavy atom. The van der Waals surface area contributed by atoms with Crippen molar-refractivity contribution in [2.75, 3.05) is 0 Å². The lowest BCUT2D eigenvalue weighted by atomic mass is 10.2. The Morgan fingerprint density at radius 1 is 1.00 bits per heavy atom.